The summed E-state index contributed by atoms with van der Waals surface area (Å²) >= 11 is 0. The van der Waals surface area contributed by atoms with Gasteiger partial charge in [0.05, 0.1) is 7.11 Å². The van der Waals surface area contributed by atoms with E-state index in [2.05, 4.69) is 0 Å². The van der Waals surface area contributed by atoms with Crippen LogP contribution >= 0.6 is 0 Å². The molecule has 19 heavy (non-hydrogen) atoms. The maximum Gasteiger partial charge on any atom is 0.254 e. The van der Waals surface area contributed by atoms with Crippen LogP contribution in [0.4, 0.5) is 0 Å². The predicted octanol–water partition coefficient (Wildman–Crippen LogP) is 2.07. The molecule has 0 radical (unpaired) electrons. The molecule has 1 aromatic carbocycles. The number of rotatable bonds is 4. The quantitative estimate of drug-likeness (QED) is 0.904. The van der Waals surface area contributed by atoms with Gasteiger partial charge in [-0.2, -0.15) is 0 Å². The number of amides is 1. The molecule has 1 unspecified atom stereocenters. The number of methoxy groups -OCH3 is 1. The van der Waals surface area contributed by atoms with Gasteiger partial charge >= 0.3 is 0 Å². The van der Waals surface area contributed by atoms with Crippen LogP contribution in [0.3, 0.4) is 0 Å². The van der Waals surface area contributed by atoms with E-state index in [1.807, 2.05) is 4.90 Å². The zero-order valence-electron chi connectivity index (χ0n) is 11.3. The van der Waals surface area contributed by atoms with Gasteiger partial charge in [0.2, 0.25) is 0 Å². The summed E-state index contributed by atoms with van der Waals surface area (Å²) in [4.78, 5) is 14.4. The fourth-order valence-corrected chi connectivity index (χ4v) is 2.62. The molecule has 0 aliphatic carbocycles. The Morgan fingerprint density at radius 1 is 1.37 bits per heavy atom. The molecule has 4 heteroatoms. The first-order chi connectivity index (χ1) is 9.26. The minimum absolute atomic E-state index is 0.0563. The van der Waals surface area contributed by atoms with E-state index in [-0.39, 0.29) is 18.6 Å². The van der Waals surface area contributed by atoms with Gasteiger partial charge in [0.25, 0.3) is 5.91 Å². The fourth-order valence-electron chi connectivity index (χ4n) is 2.62. The van der Waals surface area contributed by atoms with Crippen molar-refractivity contribution >= 4 is 5.91 Å². The van der Waals surface area contributed by atoms with Crippen LogP contribution in [0.15, 0.2) is 24.3 Å². The number of aliphatic hydroxyl groups excluding tert-OH is 1. The number of carbonyl (C=O) groups excluding carboxylic acids is 1. The lowest BCUT2D eigenvalue weighted by atomic mass is 9.98. The molecule has 1 aromatic rings. The molecule has 1 aliphatic rings. The zero-order chi connectivity index (χ0) is 13.7. The van der Waals surface area contributed by atoms with Crippen molar-refractivity contribution in [2.24, 2.45) is 0 Å². The summed E-state index contributed by atoms with van der Waals surface area (Å²) in [5, 5.41) is 9.10. The van der Waals surface area contributed by atoms with Crippen molar-refractivity contribution < 1.29 is 14.6 Å². The predicted molar refractivity (Wildman–Crippen MR) is 73.4 cm³/mol. The molecule has 0 bridgehead atoms. The van der Waals surface area contributed by atoms with E-state index >= 15 is 0 Å². The highest BCUT2D eigenvalue weighted by molar-refractivity contribution is 5.94. The van der Waals surface area contributed by atoms with E-state index in [1.54, 1.807) is 31.4 Å². The summed E-state index contributed by atoms with van der Waals surface area (Å²) in [5.74, 6) is 0.808. The van der Waals surface area contributed by atoms with Crippen LogP contribution in [0.5, 0.6) is 5.75 Å². The number of benzene rings is 1. The summed E-state index contributed by atoms with van der Waals surface area (Å²) in [6.07, 6.45) is 3.84. The van der Waals surface area contributed by atoms with Crippen molar-refractivity contribution in [1.82, 2.24) is 4.90 Å². The van der Waals surface area contributed by atoms with Crippen LogP contribution in [0, 0.1) is 0 Å². The second kappa shape index (κ2) is 6.57. The number of carbonyl (C=O) groups is 1. The highest BCUT2D eigenvalue weighted by atomic mass is 16.5. The molecule has 1 saturated heterocycles. The Labute approximate surface area is 114 Å². The third-order valence-corrected chi connectivity index (χ3v) is 3.69. The molecular formula is C15H21NO3. The molecule has 1 amide bonds. The number of piperidine rings is 1. The van der Waals surface area contributed by atoms with Crippen molar-refractivity contribution in [2.75, 3.05) is 20.3 Å². The highest BCUT2D eigenvalue weighted by Gasteiger charge is 2.26. The largest absolute Gasteiger partial charge is 0.497 e. The summed E-state index contributed by atoms with van der Waals surface area (Å²) in [6, 6.07) is 7.38. The van der Waals surface area contributed by atoms with E-state index < -0.39 is 0 Å². The van der Waals surface area contributed by atoms with Gasteiger partial charge in [0, 0.05) is 24.8 Å². The molecule has 0 saturated carbocycles. The van der Waals surface area contributed by atoms with Gasteiger partial charge in [0.15, 0.2) is 0 Å². The lowest BCUT2D eigenvalue weighted by molar-refractivity contribution is 0.0574. The van der Waals surface area contributed by atoms with Crippen molar-refractivity contribution in [2.45, 2.75) is 31.7 Å². The highest BCUT2D eigenvalue weighted by Crippen LogP contribution is 2.22. The molecule has 4 nitrogen and oxygen atoms in total. The van der Waals surface area contributed by atoms with Gasteiger partial charge in [-0.25, -0.2) is 0 Å². The summed E-state index contributed by atoms with van der Waals surface area (Å²) in [5.41, 5.74) is 0.686. The Morgan fingerprint density at radius 2 is 2.11 bits per heavy atom. The topological polar surface area (TPSA) is 49.8 Å². The maximum atomic E-state index is 12.5. The molecule has 1 heterocycles. The monoisotopic (exact) mass is 263 g/mol. The Bertz CT molecular complexity index is 414. The normalized spacial score (nSPS) is 19.3. The van der Waals surface area contributed by atoms with E-state index in [0.29, 0.717) is 12.0 Å². The molecule has 1 atom stereocenters. The average molecular weight is 263 g/mol. The molecule has 1 fully saturated rings. The summed E-state index contributed by atoms with van der Waals surface area (Å²) in [7, 11) is 1.61. The fraction of sp³-hybridized carbons (Fsp3) is 0.533. The summed E-state index contributed by atoms with van der Waals surface area (Å²) < 4.78 is 5.10. The minimum atomic E-state index is 0.0563. The van der Waals surface area contributed by atoms with Gasteiger partial charge in [-0.3, -0.25) is 4.79 Å². The van der Waals surface area contributed by atoms with Crippen molar-refractivity contribution in [1.29, 1.82) is 0 Å². The number of nitrogens with zero attached hydrogens (tertiary/aromatic N) is 1. The molecule has 0 spiro atoms. The van der Waals surface area contributed by atoms with Crippen LogP contribution in [0.2, 0.25) is 0 Å². The SMILES string of the molecule is COc1ccc(C(=O)N2CCCCC2CCO)cc1. The van der Waals surface area contributed by atoms with E-state index in [4.69, 9.17) is 9.84 Å². The Balaban J connectivity index is 2.11. The molecule has 2 rings (SSSR count). The smallest absolute Gasteiger partial charge is 0.254 e. The van der Waals surface area contributed by atoms with Gasteiger partial charge in [-0.1, -0.05) is 0 Å². The third kappa shape index (κ3) is 3.26. The number of ether oxygens (including phenoxy) is 1. The second-order valence-corrected chi connectivity index (χ2v) is 4.89. The standard InChI is InChI=1S/C15H21NO3/c1-19-14-7-5-12(6-8-14)15(18)16-10-3-2-4-13(16)9-11-17/h5-8,13,17H,2-4,9-11H2,1H3. The third-order valence-electron chi connectivity index (χ3n) is 3.69. The van der Waals surface area contributed by atoms with Gasteiger partial charge in [-0.05, 0) is 49.9 Å². The lowest BCUT2D eigenvalue weighted by Gasteiger charge is -2.35. The first kappa shape index (κ1) is 13.9. The van der Waals surface area contributed by atoms with Crippen molar-refractivity contribution in [3.05, 3.63) is 29.8 Å². The van der Waals surface area contributed by atoms with Crippen LogP contribution in [0.25, 0.3) is 0 Å². The zero-order valence-corrected chi connectivity index (χ0v) is 11.3. The van der Waals surface area contributed by atoms with Crippen LogP contribution < -0.4 is 4.74 Å². The van der Waals surface area contributed by atoms with Crippen molar-refractivity contribution in [3.8, 4) is 5.75 Å². The second-order valence-electron chi connectivity index (χ2n) is 4.89. The van der Waals surface area contributed by atoms with Gasteiger partial charge < -0.3 is 14.7 Å². The number of hydrogen-bond acceptors (Lipinski definition) is 3. The van der Waals surface area contributed by atoms with E-state index in [9.17, 15) is 4.79 Å². The maximum absolute atomic E-state index is 12.5. The molecule has 104 valence electrons. The number of aliphatic hydroxyl groups is 1. The lowest BCUT2D eigenvalue weighted by Crippen LogP contribution is -2.44. The Hall–Kier alpha value is -1.55. The number of hydrogen-bond donors (Lipinski definition) is 1. The van der Waals surface area contributed by atoms with Crippen LogP contribution in [-0.2, 0) is 0 Å². The average Bonchev–Trinajstić information content (AvgIpc) is 2.47. The molecule has 0 aromatic heterocycles. The van der Waals surface area contributed by atoms with Crippen LogP contribution in [-0.4, -0.2) is 42.2 Å². The number of likely N-dealkylation sites (tertiary alicyclic amines) is 1. The molecule has 1 N–H and O–H groups in total. The first-order valence-electron chi connectivity index (χ1n) is 6.82. The van der Waals surface area contributed by atoms with Gasteiger partial charge in [0.1, 0.15) is 5.75 Å². The van der Waals surface area contributed by atoms with E-state index in [1.165, 1.54) is 0 Å². The molecule has 1 aliphatic heterocycles. The Kier molecular flexibility index (Phi) is 4.80. The van der Waals surface area contributed by atoms with Crippen molar-refractivity contribution in [3.63, 3.8) is 0 Å². The first-order valence-corrected chi connectivity index (χ1v) is 6.82. The summed E-state index contributed by atoms with van der Waals surface area (Å²) in [6.45, 7) is 0.923. The Morgan fingerprint density at radius 3 is 2.74 bits per heavy atom. The minimum Gasteiger partial charge on any atom is -0.497 e. The van der Waals surface area contributed by atoms with Crippen LogP contribution in [0.1, 0.15) is 36.0 Å². The van der Waals surface area contributed by atoms with Gasteiger partial charge in [-0.15, -0.1) is 0 Å². The van der Waals surface area contributed by atoms with E-state index in [0.717, 1.165) is 31.6 Å². The molecular weight excluding hydrogens is 242 g/mol.